The first-order valence-electron chi connectivity index (χ1n) is 10.5. The summed E-state index contributed by atoms with van der Waals surface area (Å²) >= 11 is 5.83. The first-order valence-corrected chi connectivity index (χ1v) is 11.1. The van der Waals surface area contributed by atoms with Crippen LogP contribution in [0.25, 0.3) is 0 Å². The van der Waals surface area contributed by atoms with Crippen molar-refractivity contribution in [2.24, 2.45) is 0 Å². The molecule has 156 valence electrons. The Balaban J connectivity index is 1.66. The molecule has 1 aromatic carbocycles. The fraction of sp³-hybridized carbons (Fsp3) is 0.696. The van der Waals surface area contributed by atoms with Crippen molar-refractivity contribution in [1.29, 1.82) is 0 Å². The minimum atomic E-state index is -0.264. The maximum Gasteiger partial charge on any atom is 0.338 e. The largest absolute Gasteiger partial charge is 0.459 e. The van der Waals surface area contributed by atoms with Gasteiger partial charge in [0.1, 0.15) is 6.10 Å². The number of carbonyl (C=O) groups excluding carboxylic acids is 1. The van der Waals surface area contributed by atoms with Crippen molar-refractivity contribution in [2.45, 2.75) is 102 Å². The molecule has 1 saturated carbocycles. The zero-order valence-electron chi connectivity index (χ0n) is 17.7. The summed E-state index contributed by atoms with van der Waals surface area (Å²) in [5.41, 5.74) is 1.17. The average molecular weight is 408 g/mol. The van der Waals surface area contributed by atoms with Crippen molar-refractivity contribution in [1.82, 2.24) is 5.06 Å². The maximum absolute atomic E-state index is 12.6. The number of rotatable bonds is 5. The number of piperidine rings is 1. The van der Waals surface area contributed by atoms with E-state index in [1.165, 1.54) is 19.3 Å². The molecular weight excluding hydrogens is 374 g/mol. The zero-order chi connectivity index (χ0) is 20.4. The van der Waals surface area contributed by atoms with E-state index in [1.54, 1.807) is 12.1 Å². The smallest absolute Gasteiger partial charge is 0.338 e. The van der Waals surface area contributed by atoms with E-state index >= 15 is 0 Å². The molecule has 0 bridgehead atoms. The molecule has 0 N–H and O–H groups in total. The number of carbonyl (C=O) groups is 1. The van der Waals surface area contributed by atoms with Gasteiger partial charge in [-0.25, -0.2) is 4.79 Å². The van der Waals surface area contributed by atoms with Gasteiger partial charge in [0.2, 0.25) is 0 Å². The van der Waals surface area contributed by atoms with Crippen LogP contribution in [0.15, 0.2) is 24.3 Å². The molecule has 0 radical (unpaired) electrons. The first kappa shape index (κ1) is 21.6. The minimum absolute atomic E-state index is 0.128. The summed E-state index contributed by atoms with van der Waals surface area (Å²) < 4.78 is 5.91. The predicted octanol–water partition coefficient (Wildman–Crippen LogP) is 5.87. The van der Waals surface area contributed by atoms with E-state index in [-0.39, 0.29) is 23.2 Å². The topological polar surface area (TPSA) is 38.8 Å². The summed E-state index contributed by atoms with van der Waals surface area (Å²) in [5, 5.41) is 2.19. The van der Waals surface area contributed by atoms with E-state index in [0.29, 0.717) is 17.5 Å². The molecule has 1 aliphatic carbocycles. The van der Waals surface area contributed by atoms with Crippen molar-refractivity contribution in [3.05, 3.63) is 35.4 Å². The Morgan fingerprint density at radius 1 is 1.00 bits per heavy atom. The van der Waals surface area contributed by atoms with Gasteiger partial charge >= 0.3 is 5.97 Å². The molecule has 1 heterocycles. The molecule has 2 fully saturated rings. The first-order chi connectivity index (χ1) is 13.2. The van der Waals surface area contributed by atoms with E-state index in [9.17, 15) is 4.79 Å². The van der Waals surface area contributed by atoms with Crippen LogP contribution in [0.3, 0.4) is 0 Å². The van der Waals surface area contributed by atoms with Crippen LogP contribution in [0.1, 0.15) is 88.6 Å². The number of halogens is 1. The Bertz CT molecular complexity index is 647. The lowest BCUT2D eigenvalue weighted by atomic mass is 9.80. The minimum Gasteiger partial charge on any atom is -0.459 e. The normalized spacial score (nSPS) is 23.5. The number of hydrogen-bond acceptors (Lipinski definition) is 4. The lowest BCUT2D eigenvalue weighted by Crippen LogP contribution is -2.63. The van der Waals surface area contributed by atoms with Gasteiger partial charge in [-0.1, -0.05) is 31.4 Å². The highest BCUT2D eigenvalue weighted by Crippen LogP contribution is 2.41. The second-order valence-electron chi connectivity index (χ2n) is 9.55. The number of hydrogen-bond donors (Lipinski definition) is 0. The van der Waals surface area contributed by atoms with Gasteiger partial charge in [0.05, 0.1) is 11.7 Å². The Labute approximate surface area is 174 Å². The molecule has 1 aromatic rings. The Morgan fingerprint density at radius 3 is 2.11 bits per heavy atom. The van der Waals surface area contributed by atoms with Crippen LogP contribution in [-0.4, -0.2) is 34.3 Å². The van der Waals surface area contributed by atoms with E-state index in [1.807, 2.05) is 12.1 Å². The standard InChI is InChI=1S/C23H34ClNO3/c1-22(2)14-20(27-21(26)18-12-10-17(16-24)11-13-18)15-23(3,4)25(22)28-19-8-6-5-7-9-19/h10-13,19-20H,5-9,14-16H2,1-4H3. The van der Waals surface area contributed by atoms with Gasteiger partial charge < -0.3 is 4.74 Å². The SMILES string of the molecule is CC1(C)CC(OC(=O)c2ccc(CCl)cc2)CC(C)(C)N1OC1CCCCC1. The molecule has 0 aromatic heterocycles. The third-order valence-electron chi connectivity index (χ3n) is 5.98. The maximum atomic E-state index is 12.6. The number of benzene rings is 1. The second kappa shape index (κ2) is 8.73. The quantitative estimate of drug-likeness (QED) is 0.452. The highest BCUT2D eigenvalue weighted by atomic mass is 35.5. The Morgan fingerprint density at radius 2 is 1.57 bits per heavy atom. The van der Waals surface area contributed by atoms with Crippen molar-refractivity contribution in [3.63, 3.8) is 0 Å². The van der Waals surface area contributed by atoms with Gasteiger partial charge in [-0.05, 0) is 58.2 Å². The van der Waals surface area contributed by atoms with Gasteiger partial charge in [-0.2, -0.15) is 5.06 Å². The monoisotopic (exact) mass is 407 g/mol. The second-order valence-corrected chi connectivity index (χ2v) is 9.82. The van der Waals surface area contributed by atoms with E-state index in [0.717, 1.165) is 31.2 Å². The molecule has 2 aliphatic rings. The fourth-order valence-corrected chi connectivity index (χ4v) is 4.99. The molecule has 4 nitrogen and oxygen atoms in total. The third kappa shape index (κ3) is 5.08. The Hall–Kier alpha value is -1.10. The lowest BCUT2D eigenvalue weighted by Gasteiger charge is -2.54. The molecule has 28 heavy (non-hydrogen) atoms. The van der Waals surface area contributed by atoms with Gasteiger partial charge in [0.15, 0.2) is 0 Å². The highest BCUT2D eigenvalue weighted by Gasteiger charge is 2.48. The summed E-state index contributed by atoms with van der Waals surface area (Å²) in [7, 11) is 0. The van der Waals surface area contributed by atoms with Crippen LogP contribution in [-0.2, 0) is 15.5 Å². The number of nitrogens with zero attached hydrogens (tertiary/aromatic N) is 1. The summed E-state index contributed by atoms with van der Waals surface area (Å²) in [5.74, 6) is 0.177. The summed E-state index contributed by atoms with van der Waals surface area (Å²) in [6.45, 7) is 8.75. The molecule has 0 spiro atoms. The Kier molecular flexibility index (Phi) is 6.73. The average Bonchev–Trinajstić information content (AvgIpc) is 2.65. The fourth-order valence-electron chi connectivity index (χ4n) is 4.81. The van der Waals surface area contributed by atoms with Gasteiger partial charge in [-0.3, -0.25) is 4.84 Å². The van der Waals surface area contributed by atoms with Crippen molar-refractivity contribution < 1.29 is 14.4 Å². The number of alkyl halides is 1. The molecule has 0 atom stereocenters. The van der Waals surface area contributed by atoms with Crippen LogP contribution in [0.2, 0.25) is 0 Å². The number of ether oxygens (including phenoxy) is 1. The highest BCUT2D eigenvalue weighted by molar-refractivity contribution is 6.17. The molecule has 0 unspecified atom stereocenters. The van der Waals surface area contributed by atoms with Gasteiger partial charge in [0, 0.05) is 29.8 Å². The number of hydroxylamine groups is 2. The van der Waals surface area contributed by atoms with Crippen LogP contribution in [0.4, 0.5) is 0 Å². The van der Waals surface area contributed by atoms with E-state index in [4.69, 9.17) is 21.2 Å². The molecule has 0 amide bonds. The van der Waals surface area contributed by atoms with E-state index in [2.05, 4.69) is 32.8 Å². The number of esters is 1. The summed E-state index contributed by atoms with van der Waals surface area (Å²) in [4.78, 5) is 19.1. The van der Waals surface area contributed by atoms with Crippen molar-refractivity contribution >= 4 is 17.6 Å². The molecule has 1 saturated heterocycles. The predicted molar refractivity (Wildman–Crippen MR) is 112 cm³/mol. The van der Waals surface area contributed by atoms with Gasteiger partial charge in [0.25, 0.3) is 0 Å². The lowest BCUT2D eigenvalue weighted by molar-refractivity contribution is -0.317. The molecular formula is C23H34ClNO3. The van der Waals surface area contributed by atoms with Crippen LogP contribution >= 0.6 is 11.6 Å². The van der Waals surface area contributed by atoms with Crippen LogP contribution < -0.4 is 0 Å². The van der Waals surface area contributed by atoms with Crippen LogP contribution in [0.5, 0.6) is 0 Å². The molecule has 5 heteroatoms. The zero-order valence-corrected chi connectivity index (χ0v) is 18.4. The van der Waals surface area contributed by atoms with Crippen molar-refractivity contribution in [2.75, 3.05) is 0 Å². The van der Waals surface area contributed by atoms with Crippen LogP contribution in [0, 0.1) is 0 Å². The van der Waals surface area contributed by atoms with Crippen molar-refractivity contribution in [3.8, 4) is 0 Å². The van der Waals surface area contributed by atoms with Gasteiger partial charge in [-0.15, -0.1) is 11.6 Å². The van der Waals surface area contributed by atoms with E-state index < -0.39 is 0 Å². The third-order valence-corrected chi connectivity index (χ3v) is 6.29. The molecule has 1 aliphatic heterocycles. The molecule has 3 rings (SSSR count). The summed E-state index contributed by atoms with van der Waals surface area (Å²) in [6.07, 6.45) is 7.80. The summed E-state index contributed by atoms with van der Waals surface area (Å²) in [6, 6.07) is 7.32.